The molecule has 0 aromatic heterocycles. The number of aromatic carboxylic acids is 1. The van der Waals surface area contributed by atoms with Gasteiger partial charge in [0.25, 0.3) is 5.91 Å². The van der Waals surface area contributed by atoms with Crippen LogP contribution in [0.25, 0.3) is 0 Å². The van der Waals surface area contributed by atoms with E-state index in [1.807, 2.05) is 31.2 Å². The number of benzene rings is 3. The molecular weight excluding hydrogens is 520 g/mol. The highest BCUT2D eigenvalue weighted by Crippen LogP contribution is 2.42. The second-order valence-electron chi connectivity index (χ2n) is 6.63. The van der Waals surface area contributed by atoms with Crippen molar-refractivity contribution in [3.63, 3.8) is 0 Å². The Hall–Kier alpha value is -2.15. The number of carboxylic acid groups (broad SMARTS) is 1. The van der Waals surface area contributed by atoms with E-state index >= 15 is 0 Å². The smallest absolute Gasteiger partial charge is 0.338 e. The molecule has 0 saturated carbocycles. The van der Waals surface area contributed by atoms with E-state index in [-0.39, 0.29) is 25.8 Å². The molecule has 3 aromatic rings. The SMILES string of the molecule is Cc1ccccc1COc1ccc(NC(=O)c2c(Cl)c(Cl)c(Cl)c(Cl)c2C(=O)O)cc1Cl. The van der Waals surface area contributed by atoms with E-state index in [0.29, 0.717) is 12.4 Å². The molecule has 0 heterocycles. The molecule has 0 atom stereocenters. The summed E-state index contributed by atoms with van der Waals surface area (Å²) in [5.41, 5.74) is 1.38. The van der Waals surface area contributed by atoms with Crippen LogP contribution in [-0.4, -0.2) is 17.0 Å². The number of carbonyl (C=O) groups is 2. The van der Waals surface area contributed by atoms with Gasteiger partial charge in [0.1, 0.15) is 12.4 Å². The maximum Gasteiger partial charge on any atom is 0.338 e. The lowest BCUT2D eigenvalue weighted by atomic mass is 10.1. The summed E-state index contributed by atoms with van der Waals surface area (Å²) >= 11 is 30.3. The Morgan fingerprint density at radius 2 is 1.53 bits per heavy atom. The van der Waals surface area contributed by atoms with Gasteiger partial charge in [0.15, 0.2) is 0 Å². The van der Waals surface area contributed by atoms with E-state index in [1.165, 1.54) is 6.07 Å². The van der Waals surface area contributed by atoms with Crippen LogP contribution in [0.2, 0.25) is 25.1 Å². The minimum Gasteiger partial charge on any atom is -0.487 e. The average Bonchev–Trinajstić information content (AvgIpc) is 2.74. The average molecular weight is 534 g/mol. The summed E-state index contributed by atoms with van der Waals surface area (Å²) in [4.78, 5) is 24.5. The molecule has 0 bridgehead atoms. The molecule has 5 nitrogen and oxygen atoms in total. The Morgan fingerprint density at radius 3 is 2.12 bits per heavy atom. The first-order valence-electron chi connectivity index (χ1n) is 8.99. The van der Waals surface area contributed by atoms with Crippen LogP contribution < -0.4 is 10.1 Å². The third-order valence-electron chi connectivity index (χ3n) is 4.54. The lowest BCUT2D eigenvalue weighted by molar-refractivity contribution is 0.0692. The summed E-state index contributed by atoms with van der Waals surface area (Å²) in [6.45, 7) is 2.29. The fourth-order valence-electron chi connectivity index (χ4n) is 2.86. The van der Waals surface area contributed by atoms with Crippen LogP contribution in [0.3, 0.4) is 0 Å². The molecule has 32 heavy (non-hydrogen) atoms. The number of hydrogen-bond acceptors (Lipinski definition) is 3. The van der Waals surface area contributed by atoms with Crippen molar-refractivity contribution >= 4 is 75.6 Å². The van der Waals surface area contributed by atoms with Gasteiger partial charge in [0.05, 0.1) is 36.2 Å². The Labute approximate surface area is 208 Å². The number of rotatable bonds is 6. The Balaban J connectivity index is 1.84. The van der Waals surface area contributed by atoms with E-state index < -0.39 is 28.0 Å². The fourth-order valence-corrected chi connectivity index (χ4v) is 4.12. The van der Waals surface area contributed by atoms with Crippen molar-refractivity contribution in [2.75, 3.05) is 5.32 Å². The van der Waals surface area contributed by atoms with Crippen molar-refractivity contribution < 1.29 is 19.4 Å². The number of aryl methyl sites for hydroxylation is 1. The molecule has 10 heteroatoms. The molecule has 0 aliphatic rings. The number of hydrogen-bond donors (Lipinski definition) is 2. The Kier molecular flexibility index (Phi) is 7.80. The lowest BCUT2D eigenvalue weighted by Gasteiger charge is -2.15. The van der Waals surface area contributed by atoms with E-state index in [4.69, 9.17) is 62.7 Å². The maximum atomic E-state index is 12.8. The number of ether oxygens (including phenoxy) is 1. The number of amides is 1. The number of halogens is 5. The van der Waals surface area contributed by atoms with Gasteiger partial charge in [-0.3, -0.25) is 4.79 Å². The van der Waals surface area contributed by atoms with Crippen molar-refractivity contribution in [2.45, 2.75) is 13.5 Å². The zero-order valence-electron chi connectivity index (χ0n) is 16.3. The lowest BCUT2D eigenvalue weighted by Crippen LogP contribution is -2.18. The second kappa shape index (κ2) is 10.2. The van der Waals surface area contributed by atoms with Crippen molar-refractivity contribution in [1.82, 2.24) is 0 Å². The summed E-state index contributed by atoms with van der Waals surface area (Å²) in [6.07, 6.45) is 0. The summed E-state index contributed by atoms with van der Waals surface area (Å²) in [5, 5.41) is 11.1. The normalized spacial score (nSPS) is 10.7. The van der Waals surface area contributed by atoms with Gasteiger partial charge in [-0.15, -0.1) is 0 Å². The molecule has 3 aromatic carbocycles. The van der Waals surface area contributed by atoms with Gasteiger partial charge in [-0.2, -0.15) is 0 Å². The highest BCUT2D eigenvalue weighted by molar-refractivity contribution is 6.54. The van der Waals surface area contributed by atoms with Gasteiger partial charge in [-0.25, -0.2) is 4.79 Å². The van der Waals surface area contributed by atoms with Crippen molar-refractivity contribution in [3.8, 4) is 5.75 Å². The number of nitrogens with one attached hydrogen (secondary N) is 1. The zero-order valence-corrected chi connectivity index (χ0v) is 20.1. The minimum atomic E-state index is -1.49. The molecule has 0 fully saturated rings. The molecule has 0 aliphatic heterocycles. The van der Waals surface area contributed by atoms with Gasteiger partial charge >= 0.3 is 5.97 Å². The molecular formula is C22H14Cl5NO4. The van der Waals surface area contributed by atoms with Crippen LogP contribution in [0.4, 0.5) is 5.69 Å². The minimum absolute atomic E-state index is 0.230. The maximum absolute atomic E-state index is 12.8. The second-order valence-corrected chi connectivity index (χ2v) is 8.54. The molecule has 0 radical (unpaired) electrons. The van der Waals surface area contributed by atoms with Gasteiger partial charge < -0.3 is 15.2 Å². The van der Waals surface area contributed by atoms with Gasteiger partial charge in [0, 0.05) is 5.69 Å². The third kappa shape index (κ3) is 5.08. The van der Waals surface area contributed by atoms with E-state index in [0.717, 1.165) is 11.1 Å². The van der Waals surface area contributed by atoms with Crippen LogP contribution in [0, 0.1) is 6.92 Å². The van der Waals surface area contributed by atoms with Crippen molar-refractivity contribution in [2.24, 2.45) is 0 Å². The largest absolute Gasteiger partial charge is 0.487 e. The Bertz CT molecular complexity index is 1230. The predicted molar refractivity (Wildman–Crippen MR) is 128 cm³/mol. The monoisotopic (exact) mass is 531 g/mol. The highest BCUT2D eigenvalue weighted by atomic mass is 35.5. The zero-order chi connectivity index (χ0) is 23.6. The summed E-state index contributed by atoms with van der Waals surface area (Å²) < 4.78 is 5.77. The summed E-state index contributed by atoms with van der Waals surface area (Å²) in [7, 11) is 0. The molecule has 0 aliphatic carbocycles. The quantitative estimate of drug-likeness (QED) is 0.250. The molecule has 0 unspecified atom stereocenters. The molecule has 3 rings (SSSR count). The first-order valence-corrected chi connectivity index (χ1v) is 10.9. The molecule has 0 saturated heterocycles. The van der Waals surface area contributed by atoms with Crippen LogP contribution >= 0.6 is 58.0 Å². The number of carboxylic acids is 1. The third-order valence-corrected chi connectivity index (χ3v) is 6.64. The molecule has 1 amide bonds. The van der Waals surface area contributed by atoms with Crippen LogP contribution in [0.5, 0.6) is 5.75 Å². The number of carbonyl (C=O) groups excluding carboxylic acids is 1. The fraction of sp³-hybridized carbons (Fsp3) is 0.0909. The van der Waals surface area contributed by atoms with E-state index in [9.17, 15) is 14.7 Å². The topological polar surface area (TPSA) is 75.6 Å². The van der Waals surface area contributed by atoms with Crippen LogP contribution in [-0.2, 0) is 6.61 Å². The predicted octanol–water partition coefficient (Wildman–Crippen LogP) is 7.79. The van der Waals surface area contributed by atoms with E-state index in [1.54, 1.807) is 12.1 Å². The van der Waals surface area contributed by atoms with Gasteiger partial charge in [0.2, 0.25) is 0 Å². The highest BCUT2D eigenvalue weighted by Gasteiger charge is 2.29. The number of anilines is 1. The van der Waals surface area contributed by atoms with Gasteiger partial charge in [-0.1, -0.05) is 82.3 Å². The summed E-state index contributed by atoms with van der Waals surface area (Å²) in [6, 6.07) is 12.4. The first-order chi connectivity index (χ1) is 15.1. The van der Waals surface area contributed by atoms with Crippen molar-refractivity contribution in [1.29, 1.82) is 0 Å². The molecule has 166 valence electrons. The first kappa shape index (κ1) is 24.5. The molecule has 0 spiro atoms. The van der Waals surface area contributed by atoms with Gasteiger partial charge in [-0.05, 0) is 36.2 Å². The standard InChI is InChI=1S/C22H14Cl5NO4/c1-10-4-2-3-5-11(10)9-32-14-7-6-12(8-13(14)23)28-21(29)15-16(22(30)31)18(25)20(27)19(26)17(15)24/h2-8H,9H2,1H3,(H,28,29)(H,30,31). The summed E-state index contributed by atoms with van der Waals surface area (Å²) in [5.74, 6) is -1.93. The van der Waals surface area contributed by atoms with E-state index in [2.05, 4.69) is 5.32 Å². The molecule has 2 N–H and O–H groups in total. The van der Waals surface area contributed by atoms with Crippen molar-refractivity contribution in [3.05, 3.63) is 89.8 Å². The van der Waals surface area contributed by atoms with Crippen LogP contribution in [0.15, 0.2) is 42.5 Å². The Morgan fingerprint density at radius 1 is 0.906 bits per heavy atom. The van der Waals surface area contributed by atoms with Crippen LogP contribution in [0.1, 0.15) is 31.8 Å².